The van der Waals surface area contributed by atoms with E-state index in [1.165, 1.54) is 0 Å². The summed E-state index contributed by atoms with van der Waals surface area (Å²) in [5.41, 5.74) is 1.71. The quantitative estimate of drug-likeness (QED) is 0.827. The molecule has 2 aliphatic rings. The molecular formula is C21H26N4O3. The Morgan fingerprint density at radius 1 is 1.29 bits per heavy atom. The number of ether oxygens (including phenoxy) is 1. The molecule has 28 heavy (non-hydrogen) atoms. The van der Waals surface area contributed by atoms with Crippen LogP contribution in [0.5, 0.6) is 5.75 Å². The molecule has 0 bridgehead atoms. The van der Waals surface area contributed by atoms with Crippen molar-refractivity contribution in [3.8, 4) is 5.75 Å². The number of nitrogens with one attached hydrogen (secondary N) is 1. The molecule has 148 valence electrons. The first-order valence-corrected chi connectivity index (χ1v) is 9.99. The molecule has 0 spiro atoms. The standard InChI is InChI=1S/C21H26N4O3/c1-2-25(20(27)15-3-8-18-14(13-15)10-12-28-18)19-9-11-22-21(24-19)23-16-4-6-17(26)7-5-16/h3,8-9,11,13,16-17,26H,2,4-7,10,12H2,1H3,(H,22,23,24). The fourth-order valence-corrected chi connectivity index (χ4v) is 3.86. The summed E-state index contributed by atoms with van der Waals surface area (Å²) in [7, 11) is 0. The van der Waals surface area contributed by atoms with Crippen LogP contribution in [0.3, 0.4) is 0 Å². The third-order valence-electron chi connectivity index (χ3n) is 5.45. The van der Waals surface area contributed by atoms with Gasteiger partial charge in [0.05, 0.1) is 12.7 Å². The lowest BCUT2D eigenvalue weighted by atomic mass is 9.93. The molecule has 0 atom stereocenters. The Labute approximate surface area is 164 Å². The van der Waals surface area contributed by atoms with Crippen molar-refractivity contribution in [3.63, 3.8) is 0 Å². The van der Waals surface area contributed by atoms with E-state index >= 15 is 0 Å². The van der Waals surface area contributed by atoms with Crippen molar-refractivity contribution in [2.45, 2.75) is 51.2 Å². The van der Waals surface area contributed by atoms with E-state index in [-0.39, 0.29) is 18.1 Å². The van der Waals surface area contributed by atoms with Crippen molar-refractivity contribution in [2.75, 3.05) is 23.4 Å². The molecule has 1 fully saturated rings. The van der Waals surface area contributed by atoms with E-state index in [2.05, 4.69) is 15.3 Å². The second-order valence-corrected chi connectivity index (χ2v) is 7.36. The van der Waals surface area contributed by atoms with Crippen LogP contribution in [-0.2, 0) is 6.42 Å². The minimum Gasteiger partial charge on any atom is -0.493 e. The van der Waals surface area contributed by atoms with Crippen molar-refractivity contribution in [2.24, 2.45) is 0 Å². The maximum Gasteiger partial charge on any atom is 0.259 e. The lowest BCUT2D eigenvalue weighted by molar-refractivity contribution is 0.0987. The number of nitrogens with zero attached hydrogens (tertiary/aromatic N) is 3. The number of amides is 1. The number of carbonyl (C=O) groups is 1. The van der Waals surface area contributed by atoms with Gasteiger partial charge in [0.1, 0.15) is 11.6 Å². The molecule has 1 aliphatic carbocycles. The van der Waals surface area contributed by atoms with Gasteiger partial charge in [0, 0.05) is 30.8 Å². The van der Waals surface area contributed by atoms with E-state index < -0.39 is 0 Å². The lowest BCUT2D eigenvalue weighted by Crippen LogP contribution is -2.32. The van der Waals surface area contributed by atoms with E-state index in [0.29, 0.717) is 30.5 Å². The number of aliphatic hydroxyl groups is 1. The molecule has 0 radical (unpaired) electrons. The van der Waals surface area contributed by atoms with E-state index in [1.54, 1.807) is 17.2 Å². The Morgan fingerprint density at radius 3 is 2.89 bits per heavy atom. The number of fused-ring (bicyclic) bond motifs is 1. The van der Waals surface area contributed by atoms with Gasteiger partial charge in [0.25, 0.3) is 5.91 Å². The van der Waals surface area contributed by atoms with E-state index in [1.807, 2.05) is 25.1 Å². The molecule has 2 heterocycles. The number of hydrogen-bond donors (Lipinski definition) is 2. The zero-order chi connectivity index (χ0) is 19.5. The third kappa shape index (κ3) is 3.94. The summed E-state index contributed by atoms with van der Waals surface area (Å²) in [6, 6.07) is 7.60. The first kappa shape index (κ1) is 18.7. The molecule has 0 saturated heterocycles. The van der Waals surface area contributed by atoms with Crippen molar-refractivity contribution >= 4 is 17.7 Å². The minimum atomic E-state index is -0.198. The van der Waals surface area contributed by atoms with Crippen LogP contribution in [0, 0.1) is 0 Å². The van der Waals surface area contributed by atoms with Crippen LogP contribution in [0.15, 0.2) is 30.5 Å². The number of anilines is 2. The fraction of sp³-hybridized carbons (Fsp3) is 0.476. The predicted molar refractivity (Wildman–Crippen MR) is 107 cm³/mol. The van der Waals surface area contributed by atoms with E-state index in [0.717, 1.165) is 43.4 Å². The average Bonchev–Trinajstić information content (AvgIpc) is 3.18. The summed E-state index contributed by atoms with van der Waals surface area (Å²) < 4.78 is 5.53. The predicted octanol–water partition coefficient (Wildman–Crippen LogP) is 2.79. The highest BCUT2D eigenvalue weighted by Gasteiger charge is 2.22. The highest BCUT2D eigenvalue weighted by Crippen LogP contribution is 2.27. The van der Waals surface area contributed by atoms with Crippen LogP contribution >= 0.6 is 0 Å². The van der Waals surface area contributed by atoms with Gasteiger partial charge >= 0.3 is 0 Å². The second kappa shape index (κ2) is 8.14. The average molecular weight is 382 g/mol. The van der Waals surface area contributed by atoms with Gasteiger partial charge in [-0.3, -0.25) is 9.69 Å². The molecule has 7 heteroatoms. The highest BCUT2D eigenvalue weighted by molar-refractivity contribution is 6.05. The second-order valence-electron chi connectivity index (χ2n) is 7.36. The Hall–Kier alpha value is -2.67. The van der Waals surface area contributed by atoms with Crippen molar-refractivity contribution < 1.29 is 14.6 Å². The summed E-state index contributed by atoms with van der Waals surface area (Å²) in [5.74, 6) is 1.89. The lowest BCUT2D eigenvalue weighted by Gasteiger charge is -2.26. The third-order valence-corrected chi connectivity index (χ3v) is 5.45. The van der Waals surface area contributed by atoms with Crippen molar-refractivity contribution in [1.82, 2.24) is 9.97 Å². The van der Waals surface area contributed by atoms with E-state index in [4.69, 9.17) is 4.74 Å². The van der Waals surface area contributed by atoms with Crippen LogP contribution in [-0.4, -0.2) is 46.3 Å². The summed E-state index contributed by atoms with van der Waals surface area (Å²) in [6.45, 7) is 3.12. The van der Waals surface area contributed by atoms with Gasteiger partial charge < -0.3 is 15.2 Å². The van der Waals surface area contributed by atoms with Gasteiger partial charge in [-0.1, -0.05) is 0 Å². The molecule has 0 unspecified atom stereocenters. The van der Waals surface area contributed by atoms with Crippen molar-refractivity contribution in [1.29, 1.82) is 0 Å². The molecule has 1 aliphatic heterocycles. The first-order chi connectivity index (χ1) is 13.6. The van der Waals surface area contributed by atoms with Crippen molar-refractivity contribution in [3.05, 3.63) is 41.6 Å². The molecule has 1 aromatic carbocycles. The number of hydrogen-bond acceptors (Lipinski definition) is 6. The largest absolute Gasteiger partial charge is 0.493 e. The number of aliphatic hydroxyl groups excluding tert-OH is 1. The van der Waals surface area contributed by atoms with Gasteiger partial charge in [-0.25, -0.2) is 4.98 Å². The van der Waals surface area contributed by atoms with Crippen LogP contribution in [0.4, 0.5) is 11.8 Å². The van der Waals surface area contributed by atoms with Crippen LogP contribution in [0.25, 0.3) is 0 Å². The van der Waals surface area contributed by atoms with Gasteiger partial charge in [-0.2, -0.15) is 4.98 Å². The number of benzene rings is 1. The van der Waals surface area contributed by atoms with Crippen LogP contribution < -0.4 is 15.0 Å². The molecule has 7 nitrogen and oxygen atoms in total. The SMILES string of the molecule is CCN(C(=O)c1ccc2c(c1)CCO2)c1ccnc(NC2CCC(O)CC2)n1. The number of aromatic nitrogens is 2. The molecule has 2 aromatic rings. The summed E-state index contributed by atoms with van der Waals surface area (Å²) in [5, 5.41) is 13.0. The zero-order valence-electron chi connectivity index (χ0n) is 16.1. The molecule has 1 aromatic heterocycles. The Balaban J connectivity index is 1.50. The number of carbonyl (C=O) groups excluding carboxylic acids is 1. The normalized spacial score (nSPS) is 20.9. The van der Waals surface area contributed by atoms with Gasteiger partial charge in [0.15, 0.2) is 0 Å². The van der Waals surface area contributed by atoms with E-state index in [9.17, 15) is 9.90 Å². The Bertz CT molecular complexity index is 849. The smallest absolute Gasteiger partial charge is 0.259 e. The van der Waals surface area contributed by atoms with Crippen LogP contribution in [0.1, 0.15) is 48.5 Å². The topological polar surface area (TPSA) is 87.6 Å². The molecular weight excluding hydrogens is 356 g/mol. The maximum absolute atomic E-state index is 13.1. The molecule has 1 saturated carbocycles. The monoisotopic (exact) mass is 382 g/mol. The van der Waals surface area contributed by atoms with Gasteiger partial charge in [-0.05, 0) is 62.4 Å². The van der Waals surface area contributed by atoms with Crippen LogP contribution in [0.2, 0.25) is 0 Å². The molecule has 2 N–H and O–H groups in total. The summed E-state index contributed by atoms with van der Waals surface area (Å²) in [6.07, 6.45) is 5.67. The van der Waals surface area contributed by atoms with Gasteiger partial charge in [0.2, 0.25) is 5.95 Å². The fourth-order valence-electron chi connectivity index (χ4n) is 3.86. The summed E-state index contributed by atoms with van der Waals surface area (Å²) in [4.78, 5) is 23.6. The van der Waals surface area contributed by atoms with Gasteiger partial charge in [-0.15, -0.1) is 0 Å². The minimum absolute atomic E-state index is 0.0809. The Morgan fingerprint density at radius 2 is 2.11 bits per heavy atom. The summed E-state index contributed by atoms with van der Waals surface area (Å²) >= 11 is 0. The maximum atomic E-state index is 13.1. The zero-order valence-corrected chi connectivity index (χ0v) is 16.1. The Kier molecular flexibility index (Phi) is 5.43. The first-order valence-electron chi connectivity index (χ1n) is 9.99. The molecule has 1 amide bonds. The molecule has 4 rings (SSSR count). The highest BCUT2D eigenvalue weighted by atomic mass is 16.5. The number of rotatable bonds is 5.